The van der Waals surface area contributed by atoms with E-state index in [9.17, 15) is 13.8 Å². The number of carbonyl (C=O) groups is 2. The molecule has 0 saturated carbocycles. The Morgan fingerprint density at radius 3 is 2.36 bits per heavy atom. The Morgan fingerprint density at radius 1 is 1.21 bits per heavy atom. The molecule has 28 heavy (non-hydrogen) atoms. The summed E-state index contributed by atoms with van der Waals surface area (Å²) in [6, 6.07) is 7.85. The highest BCUT2D eigenvalue weighted by molar-refractivity contribution is 7.84. The number of allylic oxidation sites excluding steroid dienone is 1. The average molecular weight is 410 g/mol. The minimum Gasteiger partial charge on any atom is -0.459 e. The number of carbonyl (C=O) groups excluding carboxylic acids is 2. The van der Waals surface area contributed by atoms with Gasteiger partial charge in [-0.15, -0.1) is 0 Å². The van der Waals surface area contributed by atoms with Crippen LogP contribution in [-0.2, 0) is 41.4 Å². The van der Waals surface area contributed by atoms with Crippen molar-refractivity contribution in [2.45, 2.75) is 64.7 Å². The summed E-state index contributed by atoms with van der Waals surface area (Å²) in [4.78, 5) is 25.4. The monoisotopic (exact) mass is 409 g/mol. The second-order valence-electron chi connectivity index (χ2n) is 7.89. The van der Waals surface area contributed by atoms with Crippen LogP contribution in [0.2, 0.25) is 0 Å². The molecule has 7 nitrogen and oxygen atoms in total. The normalized spacial score (nSPS) is 18.7. The van der Waals surface area contributed by atoms with E-state index in [4.69, 9.17) is 14.2 Å². The van der Waals surface area contributed by atoms with Crippen molar-refractivity contribution in [3.63, 3.8) is 0 Å². The number of benzene rings is 1. The smallest absolute Gasteiger partial charge is 0.342 e. The predicted octanol–water partition coefficient (Wildman–Crippen LogP) is 2.73. The van der Waals surface area contributed by atoms with E-state index >= 15 is 0 Å². The van der Waals surface area contributed by atoms with Crippen molar-refractivity contribution >= 4 is 22.9 Å². The molecule has 0 spiro atoms. The molecular formula is C20H27NO6S. The van der Waals surface area contributed by atoms with Gasteiger partial charge >= 0.3 is 11.9 Å². The molecule has 0 amide bonds. The van der Waals surface area contributed by atoms with E-state index in [0.717, 1.165) is 5.56 Å². The van der Waals surface area contributed by atoms with Gasteiger partial charge in [-0.3, -0.25) is 0 Å². The Morgan fingerprint density at radius 2 is 1.82 bits per heavy atom. The molecule has 1 aromatic carbocycles. The van der Waals surface area contributed by atoms with Gasteiger partial charge in [-0.05, 0) is 33.3 Å². The molecule has 0 aromatic heterocycles. The zero-order valence-electron chi connectivity index (χ0n) is 17.0. The number of nitrogens with one attached hydrogen (secondary N) is 1. The van der Waals surface area contributed by atoms with Crippen molar-refractivity contribution in [2.24, 2.45) is 0 Å². The third-order valence-corrected chi connectivity index (χ3v) is 5.43. The van der Waals surface area contributed by atoms with Gasteiger partial charge in [0, 0.05) is 13.8 Å². The molecule has 1 unspecified atom stereocenters. The van der Waals surface area contributed by atoms with Crippen molar-refractivity contribution in [3.05, 3.63) is 47.2 Å². The number of hydrogen-bond acceptors (Lipinski definition) is 6. The molecule has 1 N–H and O–H groups in total. The second kappa shape index (κ2) is 8.45. The molecule has 0 bridgehead atoms. The Hall–Kier alpha value is -2.19. The van der Waals surface area contributed by atoms with Gasteiger partial charge < -0.3 is 14.2 Å². The molecular weight excluding hydrogens is 382 g/mol. The van der Waals surface area contributed by atoms with Gasteiger partial charge in [0.25, 0.3) is 0 Å². The van der Waals surface area contributed by atoms with Crippen LogP contribution in [0.4, 0.5) is 0 Å². The van der Waals surface area contributed by atoms with Crippen LogP contribution in [0, 0.1) is 0 Å². The highest BCUT2D eigenvalue weighted by atomic mass is 32.2. The van der Waals surface area contributed by atoms with Crippen molar-refractivity contribution < 1.29 is 28.0 Å². The molecule has 1 aliphatic rings. The first-order chi connectivity index (χ1) is 12.9. The fourth-order valence-electron chi connectivity index (χ4n) is 2.51. The quantitative estimate of drug-likeness (QED) is 0.727. The maximum absolute atomic E-state index is 12.8. The molecule has 0 aliphatic carbocycles. The summed E-state index contributed by atoms with van der Waals surface area (Å²) in [5.41, 5.74) is 0.746. The summed E-state index contributed by atoms with van der Waals surface area (Å²) < 4.78 is 30.9. The van der Waals surface area contributed by atoms with E-state index in [1.165, 1.54) is 0 Å². The van der Waals surface area contributed by atoms with Crippen LogP contribution in [0.15, 0.2) is 41.7 Å². The van der Waals surface area contributed by atoms with Crippen LogP contribution in [-0.4, -0.2) is 32.7 Å². The Kier molecular flexibility index (Phi) is 6.67. The van der Waals surface area contributed by atoms with Gasteiger partial charge in [-0.1, -0.05) is 30.3 Å². The summed E-state index contributed by atoms with van der Waals surface area (Å²) in [7, 11) is -1.64. The van der Waals surface area contributed by atoms with Crippen LogP contribution < -0.4 is 4.72 Å². The van der Waals surface area contributed by atoms with Crippen LogP contribution in [0.1, 0.15) is 47.1 Å². The van der Waals surface area contributed by atoms with E-state index in [-0.39, 0.29) is 17.9 Å². The fourth-order valence-corrected chi connectivity index (χ4v) is 3.29. The van der Waals surface area contributed by atoms with Gasteiger partial charge in [0.05, 0.1) is 15.7 Å². The molecule has 1 aromatic rings. The van der Waals surface area contributed by atoms with Gasteiger partial charge in [0.2, 0.25) is 5.79 Å². The fraction of sp³-hybridized carbons (Fsp3) is 0.500. The van der Waals surface area contributed by atoms with E-state index < -0.39 is 39.5 Å². The van der Waals surface area contributed by atoms with Crippen molar-refractivity contribution in [3.8, 4) is 0 Å². The molecule has 2 atom stereocenters. The van der Waals surface area contributed by atoms with Gasteiger partial charge in [0.1, 0.15) is 17.9 Å². The maximum Gasteiger partial charge on any atom is 0.342 e. The number of ether oxygens (including phenoxy) is 3. The molecule has 0 fully saturated rings. The summed E-state index contributed by atoms with van der Waals surface area (Å²) in [5.74, 6) is -2.38. The summed E-state index contributed by atoms with van der Waals surface area (Å²) in [5, 5.41) is 0. The largest absolute Gasteiger partial charge is 0.459 e. The standard InChI is InChI=1S/C20H27NO6S/c1-13-15(17(22)27-20(5,6)26-13)16(21-28(24)19(2,3)4)18(23)25-12-14-10-8-7-9-11-14/h7-11,16,21H,12H2,1-6H3/t16-,28?/m1/s1. The lowest BCUT2D eigenvalue weighted by atomic mass is 10.1. The zero-order valence-corrected chi connectivity index (χ0v) is 17.8. The topological polar surface area (TPSA) is 90.9 Å². The van der Waals surface area contributed by atoms with Gasteiger partial charge in [0.15, 0.2) is 6.04 Å². The second-order valence-corrected chi connectivity index (χ2v) is 9.88. The molecule has 8 heteroatoms. The minimum absolute atomic E-state index is 0.0216. The lowest BCUT2D eigenvalue weighted by molar-refractivity contribution is -0.208. The van der Waals surface area contributed by atoms with Crippen LogP contribution in [0.3, 0.4) is 0 Å². The number of esters is 2. The van der Waals surface area contributed by atoms with Crippen LogP contribution in [0.25, 0.3) is 0 Å². The Balaban J connectivity index is 2.30. The first-order valence-electron chi connectivity index (χ1n) is 8.92. The van der Waals surface area contributed by atoms with Crippen LogP contribution >= 0.6 is 0 Å². The lowest BCUT2D eigenvalue weighted by Gasteiger charge is -2.34. The Labute approximate surface area is 168 Å². The van der Waals surface area contributed by atoms with Crippen molar-refractivity contribution in [1.82, 2.24) is 4.72 Å². The summed E-state index contributed by atoms with van der Waals surface area (Å²) in [6.45, 7) is 10.0. The average Bonchev–Trinajstić information content (AvgIpc) is 2.57. The maximum atomic E-state index is 12.8. The molecule has 2 rings (SSSR count). The van der Waals surface area contributed by atoms with E-state index in [2.05, 4.69) is 4.72 Å². The zero-order chi connectivity index (χ0) is 21.1. The molecule has 0 saturated heterocycles. The van der Waals surface area contributed by atoms with Crippen molar-refractivity contribution in [1.29, 1.82) is 0 Å². The van der Waals surface area contributed by atoms with Gasteiger partial charge in [-0.25, -0.2) is 18.5 Å². The summed E-state index contributed by atoms with van der Waals surface area (Å²) in [6.07, 6.45) is 0. The molecule has 0 radical (unpaired) electrons. The lowest BCUT2D eigenvalue weighted by Crippen LogP contribution is -2.50. The molecule has 154 valence electrons. The first kappa shape index (κ1) is 22.1. The molecule has 1 heterocycles. The van der Waals surface area contributed by atoms with E-state index in [1.807, 2.05) is 30.3 Å². The number of hydrogen-bond donors (Lipinski definition) is 1. The van der Waals surface area contributed by atoms with Crippen LogP contribution in [0.5, 0.6) is 0 Å². The first-order valence-corrected chi connectivity index (χ1v) is 10.1. The number of rotatable bonds is 6. The Bertz CT molecular complexity index is 795. The number of cyclic esters (lactones) is 1. The minimum atomic E-state index is -1.64. The van der Waals surface area contributed by atoms with E-state index in [0.29, 0.717) is 0 Å². The molecule has 1 aliphatic heterocycles. The SMILES string of the molecule is CC1=C([C@@H](NS(=O)C(C)(C)C)C(=O)OCc2ccccc2)C(=O)OC(C)(C)O1. The van der Waals surface area contributed by atoms with Gasteiger partial charge in [-0.2, -0.15) is 0 Å². The van der Waals surface area contributed by atoms with E-state index in [1.54, 1.807) is 41.5 Å². The highest BCUT2D eigenvalue weighted by Gasteiger charge is 2.42. The third-order valence-electron chi connectivity index (χ3n) is 3.87. The third kappa shape index (κ3) is 5.65. The highest BCUT2D eigenvalue weighted by Crippen LogP contribution is 2.29. The van der Waals surface area contributed by atoms with Crippen molar-refractivity contribution in [2.75, 3.05) is 0 Å². The predicted molar refractivity (Wildman–Crippen MR) is 105 cm³/mol. The summed E-state index contributed by atoms with van der Waals surface area (Å²) >= 11 is 0.